The van der Waals surface area contributed by atoms with E-state index in [0.717, 1.165) is 0 Å². The normalized spacial score (nSPS) is 12.0. The van der Waals surface area contributed by atoms with Crippen LogP contribution in [0.3, 0.4) is 0 Å². The molecule has 1 aromatic carbocycles. The molecule has 5 nitrogen and oxygen atoms in total. The van der Waals surface area contributed by atoms with Gasteiger partial charge >= 0.3 is 5.97 Å². The molecule has 0 bridgehead atoms. The van der Waals surface area contributed by atoms with Crippen LogP contribution in [0, 0.1) is 5.92 Å². The Morgan fingerprint density at radius 1 is 1.16 bits per heavy atom. The standard InChI is InChI=1S/C13H14ClNO4/c1-7(2)10(11(14)16)15-12(17)8-5-3-4-6-9(8)13(18)19/h3-7,10H,1-2H3,(H,15,17)(H,18,19)/t10-/m0/s1. The highest BCUT2D eigenvalue weighted by Gasteiger charge is 2.24. The van der Waals surface area contributed by atoms with Gasteiger partial charge in [-0.3, -0.25) is 9.59 Å². The highest BCUT2D eigenvalue weighted by Crippen LogP contribution is 2.11. The van der Waals surface area contributed by atoms with Gasteiger partial charge in [-0.25, -0.2) is 4.79 Å². The molecule has 0 saturated carbocycles. The monoisotopic (exact) mass is 283 g/mol. The molecule has 2 N–H and O–H groups in total. The first kappa shape index (κ1) is 15.2. The number of carbonyl (C=O) groups is 3. The van der Waals surface area contributed by atoms with Gasteiger partial charge < -0.3 is 10.4 Å². The van der Waals surface area contributed by atoms with Crippen LogP contribution < -0.4 is 5.32 Å². The summed E-state index contributed by atoms with van der Waals surface area (Å²) in [6.45, 7) is 3.46. The lowest BCUT2D eigenvalue weighted by molar-refractivity contribution is -0.114. The maximum atomic E-state index is 12.0. The number of halogens is 1. The Morgan fingerprint density at radius 2 is 1.68 bits per heavy atom. The second kappa shape index (κ2) is 6.33. The number of hydrogen-bond donors (Lipinski definition) is 2. The second-order valence-electron chi connectivity index (χ2n) is 4.35. The number of amides is 1. The van der Waals surface area contributed by atoms with Crippen molar-refractivity contribution in [3.05, 3.63) is 35.4 Å². The van der Waals surface area contributed by atoms with E-state index in [2.05, 4.69) is 5.32 Å². The summed E-state index contributed by atoms with van der Waals surface area (Å²) < 4.78 is 0. The lowest BCUT2D eigenvalue weighted by Gasteiger charge is -2.18. The van der Waals surface area contributed by atoms with Gasteiger partial charge in [0.1, 0.15) is 6.04 Å². The molecule has 0 unspecified atom stereocenters. The van der Waals surface area contributed by atoms with Gasteiger partial charge in [0.2, 0.25) is 5.24 Å². The average molecular weight is 284 g/mol. The van der Waals surface area contributed by atoms with E-state index in [1.807, 2.05) is 0 Å². The van der Waals surface area contributed by atoms with Crippen molar-refractivity contribution in [3.63, 3.8) is 0 Å². The van der Waals surface area contributed by atoms with Crippen molar-refractivity contribution in [2.24, 2.45) is 5.92 Å². The molecule has 1 rings (SSSR count). The van der Waals surface area contributed by atoms with Crippen molar-refractivity contribution in [3.8, 4) is 0 Å². The van der Waals surface area contributed by atoms with Crippen molar-refractivity contribution in [1.82, 2.24) is 5.32 Å². The summed E-state index contributed by atoms with van der Waals surface area (Å²) in [4.78, 5) is 34.2. The summed E-state index contributed by atoms with van der Waals surface area (Å²) in [5, 5.41) is 10.8. The van der Waals surface area contributed by atoms with Crippen LogP contribution >= 0.6 is 11.6 Å². The molecule has 0 spiro atoms. The third kappa shape index (κ3) is 3.79. The maximum absolute atomic E-state index is 12.0. The number of carboxylic acids is 1. The van der Waals surface area contributed by atoms with Crippen LogP contribution in [-0.4, -0.2) is 28.3 Å². The molecule has 0 aliphatic rings. The topological polar surface area (TPSA) is 83.5 Å². The summed E-state index contributed by atoms with van der Waals surface area (Å²) in [7, 11) is 0. The molecular weight excluding hydrogens is 270 g/mol. The zero-order chi connectivity index (χ0) is 14.6. The molecule has 1 aromatic rings. The third-order valence-electron chi connectivity index (χ3n) is 2.60. The first-order chi connectivity index (χ1) is 8.84. The minimum absolute atomic E-state index is 0.00133. The Bertz CT molecular complexity index is 513. The van der Waals surface area contributed by atoms with Crippen molar-refractivity contribution in [2.75, 3.05) is 0 Å². The van der Waals surface area contributed by atoms with Crippen LogP contribution in [0.2, 0.25) is 0 Å². The van der Waals surface area contributed by atoms with Gasteiger partial charge in [0.05, 0.1) is 11.1 Å². The predicted molar refractivity (Wildman–Crippen MR) is 70.4 cm³/mol. The highest BCUT2D eigenvalue weighted by atomic mass is 35.5. The molecule has 0 aromatic heterocycles. The van der Waals surface area contributed by atoms with E-state index in [4.69, 9.17) is 16.7 Å². The molecule has 0 fully saturated rings. The Hall–Kier alpha value is -1.88. The lowest BCUT2D eigenvalue weighted by Crippen LogP contribution is -2.43. The largest absolute Gasteiger partial charge is 0.478 e. The second-order valence-corrected chi connectivity index (χ2v) is 4.72. The number of aromatic carboxylic acids is 1. The van der Waals surface area contributed by atoms with E-state index in [9.17, 15) is 14.4 Å². The zero-order valence-electron chi connectivity index (χ0n) is 10.5. The van der Waals surface area contributed by atoms with Gasteiger partial charge in [-0.05, 0) is 29.7 Å². The SMILES string of the molecule is CC(C)[C@H](NC(=O)c1ccccc1C(=O)O)C(=O)Cl. The van der Waals surface area contributed by atoms with Gasteiger partial charge in [-0.2, -0.15) is 0 Å². The van der Waals surface area contributed by atoms with Gasteiger partial charge in [0, 0.05) is 0 Å². The van der Waals surface area contributed by atoms with Crippen LogP contribution in [0.5, 0.6) is 0 Å². The van der Waals surface area contributed by atoms with Crippen LogP contribution in [0.4, 0.5) is 0 Å². The molecule has 1 amide bonds. The number of nitrogens with one attached hydrogen (secondary N) is 1. The van der Waals surface area contributed by atoms with Crippen molar-refractivity contribution in [2.45, 2.75) is 19.9 Å². The van der Waals surface area contributed by atoms with Crippen LogP contribution in [0.25, 0.3) is 0 Å². The highest BCUT2D eigenvalue weighted by molar-refractivity contribution is 6.64. The number of rotatable bonds is 5. The molecule has 1 atom stereocenters. The van der Waals surface area contributed by atoms with Crippen LogP contribution in [0.15, 0.2) is 24.3 Å². The molecule has 0 radical (unpaired) electrons. The van der Waals surface area contributed by atoms with Gasteiger partial charge in [-0.15, -0.1) is 0 Å². The van der Waals surface area contributed by atoms with E-state index in [1.54, 1.807) is 19.9 Å². The smallest absolute Gasteiger partial charge is 0.336 e. The van der Waals surface area contributed by atoms with E-state index in [0.29, 0.717) is 0 Å². The van der Waals surface area contributed by atoms with E-state index in [1.165, 1.54) is 18.2 Å². The van der Waals surface area contributed by atoms with Crippen molar-refractivity contribution >= 4 is 28.7 Å². The molecular formula is C13H14ClNO4. The predicted octanol–water partition coefficient (Wildman–Crippen LogP) is 1.90. The summed E-state index contributed by atoms with van der Waals surface area (Å²) in [5.41, 5.74) is -0.122. The lowest BCUT2D eigenvalue weighted by atomic mass is 10.0. The molecule has 0 saturated heterocycles. The van der Waals surface area contributed by atoms with Crippen LogP contribution in [0.1, 0.15) is 34.6 Å². The molecule has 0 aliphatic heterocycles. The minimum Gasteiger partial charge on any atom is -0.478 e. The van der Waals surface area contributed by atoms with Crippen LogP contribution in [-0.2, 0) is 4.79 Å². The first-order valence-electron chi connectivity index (χ1n) is 5.67. The Kier molecular flexibility index (Phi) is 5.06. The fourth-order valence-electron chi connectivity index (χ4n) is 1.57. The summed E-state index contributed by atoms with van der Waals surface area (Å²) in [6.07, 6.45) is 0. The maximum Gasteiger partial charge on any atom is 0.336 e. The minimum atomic E-state index is -1.20. The summed E-state index contributed by atoms with van der Waals surface area (Å²) in [6, 6.07) is 4.93. The Morgan fingerprint density at radius 3 is 2.11 bits per heavy atom. The third-order valence-corrected chi connectivity index (χ3v) is 2.83. The first-order valence-corrected chi connectivity index (χ1v) is 6.05. The molecule has 6 heteroatoms. The van der Waals surface area contributed by atoms with Gasteiger partial charge in [-0.1, -0.05) is 26.0 Å². The van der Waals surface area contributed by atoms with Gasteiger partial charge in [0.15, 0.2) is 0 Å². The molecule has 102 valence electrons. The molecule has 19 heavy (non-hydrogen) atoms. The number of carboxylic acid groups (broad SMARTS) is 1. The van der Waals surface area contributed by atoms with Crippen molar-refractivity contribution in [1.29, 1.82) is 0 Å². The summed E-state index contributed by atoms with van der Waals surface area (Å²) in [5.74, 6) is -2.03. The number of hydrogen-bond acceptors (Lipinski definition) is 3. The Balaban J connectivity index is 3.01. The van der Waals surface area contributed by atoms with Crippen molar-refractivity contribution < 1.29 is 19.5 Å². The van der Waals surface area contributed by atoms with Gasteiger partial charge in [0.25, 0.3) is 5.91 Å². The fraction of sp³-hybridized carbons (Fsp3) is 0.308. The number of carbonyl (C=O) groups excluding carboxylic acids is 2. The zero-order valence-corrected chi connectivity index (χ0v) is 11.3. The number of benzene rings is 1. The van der Waals surface area contributed by atoms with E-state index >= 15 is 0 Å². The van der Waals surface area contributed by atoms with E-state index in [-0.39, 0.29) is 17.0 Å². The quantitative estimate of drug-likeness (QED) is 0.809. The van der Waals surface area contributed by atoms with E-state index < -0.39 is 23.2 Å². The molecule has 0 aliphatic carbocycles. The fourth-order valence-corrected chi connectivity index (χ4v) is 1.88. The average Bonchev–Trinajstić information content (AvgIpc) is 2.34. The Labute approximate surface area is 115 Å². The summed E-state index contributed by atoms with van der Waals surface area (Å²) >= 11 is 5.40. The molecule has 0 heterocycles.